The van der Waals surface area contributed by atoms with Crippen LogP contribution in [0.4, 0.5) is 15.8 Å². The van der Waals surface area contributed by atoms with Gasteiger partial charge in [-0.25, -0.2) is 9.18 Å². The highest BCUT2D eigenvalue weighted by Crippen LogP contribution is 2.23. The first kappa shape index (κ1) is 22.0. The van der Waals surface area contributed by atoms with Crippen molar-refractivity contribution in [2.75, 3.05) is 16.4 Å². The number of amides is 2. The number of carboxylic acids is 1. The number of aromatic carboxylic acids is 1. The number of aryl methyl sites for hydroxylation is 1. The molecule has 0 bridgehead atoms. The third-order valence-electron chi connectivity index (χ3n) is 4.33. The molecule has 0 saturated carbocycles. The first-order valence-corrected chi connectivity index (χ1v) is 10.2. The highest BCUT2D eigenvalue weighted by atomic mass is 32.2. The molecule has 3 aromatic carbocycles. The molecule has 0 radical (unpaired) electrons. The van der Waals surface area contributed by atoms with Gasteiger partial charge >= 0.3 is 5.97 Å². The summed E-state index contributed by atoms with van der Waals surface area (Å²) in [7, 11) is 0. The third-order valence-corrected chi connectivity index (χ3v) is 5.32. The van der Waals surface area contributed by atoms with E-state index in [0.717, 1.165) is 10.5 Å². The smallest absolute Gasteiger partial charge is 0.335 e. The van der Waals surface area contributed by atoms with Gasteiger partial charge in [-0.2, -0.15) is 0 Å². The number of rotatable bonds is 7. The van der Waals surface area contributed by atoms with Crippen LogP contribution < -0.4 is 10.6 Å². The number of carbonyl (C=O) groups excluding carboxylic acids is 2. The maximum absolute atomic E-state index is 13.0. The van der Waals surface area contributed by atoms with E-state index in [4.69, 9.17) is 5.11 Å². The van der Waals surface area contributed by atoms with Gasteiger partial charge in [0.15, 0.2) is 0 Å². The van der Waals surface area contributed by atoms with Crippen LogP contribution in [0.15, 0.2) is 71.6 Å². The van der Waals surface area contributed by atoms with Crippen molar-refractivity contribution < 1.29 is 23.9 Å². The molecule has 3 N–H and O–H groups in total. The Bertz CT molecular complexity index is 1130. The minimum Gasteiger partial charge on any atom is -0.478 e. The number of halogens is 1. The summed E-state index contributed by atoms with van der Waals surface area (Å²) in [4.78, 5) is 36.5. The highest BCUT2D eigenvalue weighted by molar-refractivity contribution is 8.00. The topological polar surface area (TPSA) is 95.5 Å². The minimum atomic E-state index is -1.07. The lowest BCUT2D eigenvalue weighted by Gasteiger charge is -2.10. The van der Waals surface area contributed by atoms with Gasteiger partial charge in [-0.05, 0) is 67.1 Å². The van der Waals surface area contributed by atoms with Crippen molar-refractivity contribution in [2.45, 2.75) is 11.8 Å². The molecule has 6 nitrogen and oxygen atoms in total. The zero-order valence-electron chi connectivity index (χ0n) is 16.5. The van der Waals surface area contributed by atoms with E-state index < -0.39 is 11.8 Å². The van der Waals surface area contributed by atoms with Crippen molar-refractivity contribution >= 4 is 40.9 Å². The molecule has 0 heterocycles. The molecular weight excluding hydrogens is 419 g/mol. The Morgan fingerprint density at radius 1 is 0.935 bits per heavy atom. The summed E-state index contributed by atoms with van der Waals surface area (Å²) in [6.45, 7) is 1.78. The molecule has 0 fully saturated rings. The van der Waals surface area contributed by atoms with E-state index in [0.29, 0.717) is 16.9 Å². The van der Waals surface area contributed by atoms with E-state index in [2.05, 4.69) is 10.6 Å². The van der Waals surface area contributed by atoms with Crippen molar-refractivity contribution in [3.8, 4) is 0 Å². The lowest BCUT2D eigenvalue weighted by atomic mass is 10.1. The van der Waals surface area contributed by atoms with Crippen molar-refractivity contribution in [1.29, 1.82) is 0 Å². The quantitative estimate of drug-likeness (QED) is 0.460. The Kier molecular flexibility index (Phi) is 7.04. The van der Waals surface area contributed by atoms with Gasteiger partial charge in [-0.15, -0.1) is 11.8 Å². The van der Waals surface area contributed by atoms with E-state index in [1.54, 1.807) is 31.2 Å². The van der Waals surface area contributed by atoms with Gasteiger partial charge in [0, 0.05) is 21.8 Å². The van der Waals surface area contributed by atoms with Gasteiger partial charge in [0.2, 0.25) is 5.91 Å². The third kappa shape index (κ3) is 6.16. The normalized spacial score (nSPS) is 10.4. The molecule has 0 spiro atoms. The summed E-state index contributed by atoms with van der Waals surface area (Å²) >= 11 is 1.27. The van der Waals surface area contributed by atoms with Gasteiger partial charge in [0.25, 0.3) is 5.91 Å². The van der Waals surface area contributed by atoms with Crippen LogP contribution in [0, 0.1) is 12.7 Å². The fourth-order valence-electron chi connectivity index (χ4n) is 2.69. The van der Waals surface area contributed by atoms with E-state index in [1.807, 2.05) is 6.07 Å². The molecule has 3 rings (SSSR count). The Balaban J connectivity index is 1.59. The van der Waals surface area contributed by atoms with Gasteiger partial charge in [0.05, 0.1) is 11.3 Å². The zero-order valence-corrected chi connectivity index (χ0v) is 17.3. The molecule has 0 aliphatic carbocycles. The Hall–Kier alpha value is -3.65. The second-order valence-electron chi connectivity index (χ2n) is 6.66. The number of hydrogen-bond donors (Lipinski definition) is 3. The van der Waals surface area contributed by atoms with Gasteiger partial charge in [-0.1, -0.05) is 12.1 Å². The lowest BCUT2D eigenvalue weighted by Crippen LogP contribution is -2.15. The number of thioether (sulfide) groups is 1. The molecule has 0 atom stereocenters. The fourth-order valence-corrected chi connectivity index (χ4v) is 3.45. The second-order valence-corrected chi connectivity index (χ2v) is 7.71. The number of carbonyl (C=O) groups is 3. The van der Waals surface area contributed by atoms with Crippen LogP contribution in [-0.2, 0) is 4.79 Å². The number of anilines is 2. The SMILES string of the molecule is Cc1ccc(C(=O)O)cc1NC(=O)CSc1cccc(NC(=O)c2ccc(F)cc2)c1. The van der Waals surface area contributed by atoms with Crippen LogP contribution >= 0.6 is 11.8 Å². The van der Waals surface area contributed by atoms with Crippen LogP contribution in [0.2, 0.25) is 0 Å². The Labute approximate surface area is 182 Å². The first-order valence-electron chi connectivity index (χ1n) is 9.25. The summed E-state index contributed by atoms with van der Waals surface area (Å²) in [6, 6.07) is 16.8. The summed E-state index contributed by atoms with van der Waals surface area (Å²) < 4.78 is 13.0. The standard InChI is InChI=1S/C23H19FN2O4S/c1-14-5-6-16(23(29)30)11-20(14)26-21(27)13-31-19-4-2-3-18(12-19)25-22(28)15-7-9-17(24)10-8-15/h2-12H,13H2,1H3,(H,25,28)(H,26,27)(H,29,30). The maximum Gasteiger partial charge on any atom is 0.335 e. The average Bonchev–Trinajstić information content (AvgIpc) is 2.74. The summed E-state index contributed by atoms with van der Waals surface area (Å²) in [5, 5.41) is 14.6. The van der Waals surface area contributed by atoms with Crippen LogP contribution in [0.1, 0.15) is 26.3 Å². The molecule has 3 aromatic rings. The van der Waals surface area contributed by atoms with E-state index >= 15 is 0 Å². The van der Waals surface area contributed by atoms with Gasteiger partial charge in [-0.3, -0.25) is 9.59 Å². The van der Waals surface area contributed by atoms with Crippen LogP contribution in [0.5, 0.6) is 0 Å². The van der Waals surface area contributed by atoms with E-state index in [-0.39, 0.29) is 23.1 Å². The second kappa shape index (κ2) is 9.90. The maximum atomic E-state index is 13.0. The zero-order chi connectivity index (χ0) is 22.4. The van der Waals surface area contributed by atoms with Crippen LogP contribution in [0.3, 0.4) is 0 Å². The molecule has 0 aromatic heterocycles. The molecule has 31 heavy (non-hydrogen) atoms. The van der Waals surface area contributed by atoms with Crippen molar-refractivity contribution in [2.24, 2.45) is 0 Å². The number of carboxylic acid groups (broad SMARTS) is 1. The number of nitrogens with one attached hydrogen (secondary N) is 2. The van der Waals surface area contributed by atoms with E-state index in [1.165, 1.54) is 48.2 Å². The Morgan fingerprint density at radius 2 is 1.65 bits per heavy atom. The summed E-state index contributed by atoms with van der Waals surface area (Å²) in [6.07, 6.45) is 0. The molecule has 0 aliphatic rings. The van der Waals surface area contributed by atoms with E-state index in [9.17, 15) is 18.8 Å². The van der Waals surface area contributed by atoms with Crippen LogP contribution in [0.25, 0.3) is 0 Å². The first-order chi connectivity index (χ1) is 14.8. The molecule has 8 heteroatoms. The molecule has 2 amide bonds. The molecular formula is C23H19FN2O4S. The lowest BCUT2D eigenvalue weighted by molar-refractivity contribution is -0.113. The molecule has 0 aliphatic heterocycles. The average molecular weight is 438 g/mol. The molecule has 0 saturated heterocycles. The Morgan fingerprint density at radius 3 is 2.35 bits per heavy atom. The molecule has 0 unspecified atom stereocenters. The van der Waals surface area contributed by atoms with Crippen molar-refractivity contribution in [1.82, 2.24) is 0 Å². The van der Waals surface area contributed by atoms with Crippen molar-refractivity contribution in [3.63, 3.8) is 0 Å². The number of benzene rings is 3. The predicted octanol–water partition coefficient (Wildman–Crippen LogP) is 4.82. The molecule has 158 valence electrons. The van der Waals surface area contributed by atoms with Crippen molar-refractivity contribution in [3.05, 3.63) is 89.2 Å². The minimum absolute atomic E-state index is 0.0955. The number of hydrogen-bond acceptors (Lipinski definition) is 4. The predicted molar refractivity (Wildman–Crippen MR) is 118 cm³/mol. The highest BCUT2D eigenvalue weighted by Gasteiger charge is 2.11. The summed E-state index contributed by atoms with van der Waals surface area (Å²) in [5.74, 6) is -2.03. The van der Waals surface area contributed by atoms with Gasteiger partial charge < -0.3 is 15.7 Å². The summed E-state index contributed by atoms with van der Waals surface area (Å²) in [5.41, 5.74) is 2.18. The van der Waals surface area contributed by atoms with Crippen LogP contribution in [-0.4, -0.2) is 28.6 Å². The fraction of sp³-hybridized carbons (Fsp3) is 0.0870. The van der Waals surface area contributed by atoms with Gasteiger partial charge in [0.1, 0.15) is 5.82 Å². The largest absolute Gasteiger partial charge is 0.478 e. The monoisotopic (exact) mass is 438 g/mol.